The number of carbonyl (C=O) groups excluding carboxylic acids is 1. The van der Waals surface area contributed by atoms with Crippen molar-refractivity contribution < 1.29 is 9.53 Å². The van der Waals surface area contributed by atoms with E-state index in [1.165, 1.54) is 0 Å². The van der Waals surface area contributed by atoms with Crippen LogP contribution in [-0.4, -0.2) is 49.6 Å². The first kappa shape index (κ1) is 16.9. The average Bonchev–Trinajstić information content (AvgIpc) is 2.50. The molecule has 2 N–H and O–H groups in total. The van der Waals surface area contributed by atoms with Gasteiger partial charge in [-0.25, -0.2) is 0 Å². The van der Waals surface area contributed by atoms with Gasteiger partial charge < -0.3 is 20.3 Å². The summed E-state index contributed by atoms with van der Waals surface area (Å²) in [4.78, 5) is 14.3. The standard InChI is InChI=1S/C16H24ClN3O2/c1-11-12(2)20(9-8-18-11)16(21)6-7-19-14-10-13(17)4-5-15(14)22-3/h4-5,10-12,18-19H,6-9H2,1-3H3. The second-order valence-corrected chi connectivity index (χ2v) is 6.03. The van der Waals surface area contributed by atoms with Crippen molar-refractivity contribution in [2.75, 3.05) is 32.1 Å². The van der Waals surface area contributed by atoms with Gasteiger partial charge in [-0.3, -0.25) is 4.79 Å². The maximum absolute atomic E-state index is 12.4. The molecule has 6 heteroatoms. The Labute approximate surface area is 137 Å². The fourth-order valence-electron chi connectivity index (χ4n) is 2.67. The van der Waals surface area contributed by atoms with Crippen LogP contribution in [0.15, 0.2) is 18.2 Å². The number of amides is 1. The number of ether oxygens (including phenoxy) is 1. The SMILES string of the molecule is COc1ccc(Cl)cc1NCCC(=O)N1CCNC(C)C1C. The molecule has 122 valence electrons. The molecule has 1 amide bonds. The molecule has 1 aliphatic rings. The smallest absolute Gasteiger partial charge is 0.224 e. The zero-order chi connectivity index (χ0) is 16.1. The first-order chi connectivity index (χ1) is 10.5. The van der Waals surface area contributed by atoms with E-state index in [1.807, 2.05) is 11.0 Å². The molecule has 0 aliphatic carbocycles. The Balaban J connectivity index is 1.88. The van der Waals surface area contributed by atoms with Gasteiger partial charge in [-0.2, -0.15) is 0 Å². The molecule has 1 aromatic rings. The summed E-state index contributed by atoms with van der Waals surface area (Å²) in [7, 11) is 1.61. The molecule has 0 saturated carbocycles. The van der Waals surface area contributed by atoms with Gasteiger partial charge in [-0.05, 0) is 32.0 Å². The highest BCUT2D eigenvalue weighted by molar-refractivity contribution is 6.30. The Kier molecular flexibility index (Phi) is 5.91. The molecule has 0 bridgehead atoms. The van der Waals surface area contributed by atoms with E-state index in [-0.39, 0.29) is 11.9 Å². The molecule has 2 atom stereocenters. The van der Waals surface area contributed by atoms with Crippen molar-refractivity contribution in [2.24, 2.45) is 0 Å². The number of halogens is 1. The van der Waals surface area contributed by atoms with E-state index in [1.54, 1.807) is 19.2 Å². The minimum absolute atomic E-state index is 0.175. The van der Waals surface area contributed by atoms with E-state index in [9.17, 15) is 4.79 Å². The van der Waals surface area contributed by atoms with E-state index < -0.39 is 0 Å². The molecular weight excluding hydrogens is 302 g/mol. The van der Waals surface area contributed by atoms with Gasteiger partial charge in [0.2, 0.25) is 5.91 Å². The average molecular weight is 326 g/mol. The third-order valence-corrected chi connectivity index (χ3v) is 4.41. The van der Waals surface area contributed by atoms with Crippen molar-refractivity contribution in [1.82, 2.24) is 10.2 Å². The van der Waals surface area contributed by atoms with Gasteiger partial charge >= 0.3 is 0 Å². The molecule has 1 saturated heterocycles. The van der Waals surface area contributed by atoms with Crippen LogP contribution in [0.4, 0.5) is 5.69 Å². The maximum Gasteiger partial charge on any atom is 0.224 e. The zero-order valence-electron chi connectivity index (χ0n) is 13.4. The lowest BCUT2D eigenvalue weighted by Crippen LogP contribution is -2.57. The molecule has 22 heavy (non-hydrogen) atoms. The van der Waals surface area contributed by atoms with Crippen LogP contribution in [0.5, 0.6) is 5.75 Å². The van der Waals surface area contributed by atoms with E-state index in [4.69, 9.17) is 16.3 Å². The Morgan fingerprint density at radius 2 is 2.27 bits per heavy atom. The summed E-state index contributed by atoms with van der Waals surface area (Å²) in [6.45, 7) is 6.37. The van der Waals surface area contributed by atoms with E-state index in [2.05, 4.69) is 24.5 Å². The van der Waals surface area contributed by atoms with Crippen LogP contribution in [0.2, 0.25) is 5.02 Å². The van der Waals surface area contributed by atoms with Crippen molar-refractivity contribution in [3.8, 4) is 5.75 Å². The van der Waals surface area contributed by atoms with E-state index in [0.717, 1.165) is 24.5 Å². The predicted molar refractivity (Wildman–Crippen MR) is 89.8 cm³/mol. The number of piperazine rings is 1. The summed E-state index contributed by atoms with van der Waals surface area (Å²) in [6, 6.07) is 5.95. The lowest BCUT2D eigenvalue weighted by atomic mass is 10.1. The Bertz CT molecular complexity index is 524. The second kappa shape index (κ2) is 7.70. The van der Waals surface area contributed by atoms with Crippen molar-refractivity contribution in [3.05, 3.63) is 23.2 Å². The van der Waals surface area contributed by atoms with Crippen LogP contribution in [0.3, 0.4) is 0 Å². The first-order valence-electron chi connectivity index (χ1n) is 7.63. The molecule has 1 aliphatic heterocycles. The Morgan fingerprint density at radius 3 is 3.00 bits per heavy atom. The molecule has 0 spiro atoms. The molecule has 0 aromatic heterocycles. The van der Waals surface area contributed by atoms with Gasteiger partial charge in [0.1, 0.15) is 5.75 Å². The number of hydrogen-bond donors (Lipinski definition) is 2. The fraction of sp³-hybridized carbons (Fsp3) is 0.562. The van der Waals surface area contributed by atoms with Crippen LogP contribution in [0.1, 0.15) is 20.3 Å². The van der Waals surface area contributed by atoms with Crippen LogP contribution < -0.4 is 15.4 Å². The second-order valence-electron chi connectivity index (χ2n) is 5.59. The molecule has 5 nitrogen and oxygen atoms in total. The summed E-state index contributed by atoms with van der Waals surface area (Å²) >= 11 is 5.99. The van der Waals surface area contributed by atoms with Crippen LogP contribution >= 0.6 is 11.6 Å². The van der Waals surface area contributed by atoms with Gasteiger partial charge in [-0.1, -0.05) is 11.6 Å². The first-order valence-corrected chi connectivity index (χ1v) is 8.01. The normalized spacial score (nSPS) is 21.5. The van der Waals surface area contributed by atoms with Crippen molar-refractivity contribution in [2.45, 2.75) is 32.4 Å². The number of hydrogen-bond acceptors (Lipinski definition) is 4. The number of nitrogens with one attached hydrogen (secondary N) is 2. The van der Waals surface area contributed by atoms with Gasteiger partial charge in [0, 0.05) is 43.2 Å². The number of anilines is 1. The summed E-state index contributed by atoms with van der Waals surface area (Å²) < 4.78 is 5.28. The highest BCUT2D eigenvalue weighted by Crippen LogP contribution is 2.27. The quantitative estimate of drug-likeness (QED) is 0.872. The third-order valence-electron chi connectivity index (χ3n) is 4.17. The van der Waals surface area contributed by atoms with Gasteiger partial charge in [-0.15, -0.1) is 0 Å². The van der Waals surface area contributed by atoms with Crippen LogP contribution in [0, 0.1) is 0 Å². The molecule has 2 unspecified atom stereocenters. The summed E-state index contributed by atoms with van der Waals surface area (Å²) in [5.74, 6) is 0.898. The molecule has 1 aromatic carbocycles. The molecule has 2 rings (SSSR count). The highest BCUT2D eigenvalue weighted by atomic mass is 35.5. The number of benzene rings is 1. The van der Waals surface area contributed by atoms with Gasteiger partial charge in [0.15, 0.2) is 0 Å². The van der Waals surface area contributed by atoms with E-state index in [0.29, 0.717) is 24.0 Å². The highest BCUT2D eigenvalue weighted by Gasteiger charge is 2.27. The topological polar surface area (TPSA) is 53.6 Å². The predicted octanol–water partition coefficient (Wildman–Crippen LogP) is 2.36. The zero-order valence-corrected chi connectivity index (χ0v) is 14.1. The minimum Gasteiger partial charge on any atom is -0.495 e. The summed E-state index contributed by atoms with van der Waals surface area (Å²) in [5.41, 5.74) is 0.810. The fourth-order valence-corrected chi connectivity index (χ4v) is 2.85. The third kappa shape index (κ3) is 4.05. The molecule has 1 heterocycles. The van der Waals surface area contributed by atoms with Crippen molar-refractivity contribution >= 4 is 23.2 Å². The lowest BCUT2D eigenvalue weighted by molar-refractivity contribution is -0.134. The molecule has 1 fully saturated rings. The summed E-state index contributed by atoms with van der Waals surface area (Å²) in [6.07, 6.45) is 0.451. The van der Waals surface area contributed by atoms with E-state index >= 15 is 0 Å². The van der Waals surface area contributed by atoms with Crippen LogP contribution in [-0.2, 0) is 4.79 Å². The number of rotatable bonds is 5. The van der Waals surface area contributed by atoms with Crippen molar-refractivity contribution in [1.29, 1.82) is 0 Å². The van der Waals surface area contributed by atoms with Crippen molar-refractivity contribution in [3.63, 3.8) is 0 Å². The van der Waals surface area contributed by atoms with Gasteiger partial charge in [0.25, 0.3) is 0 Å². The number of carbonyl (C=O) groups is 1. The number of methoxy groups -OCH3 is 1. The largest absolute Gasteiger partial charge is 0.495 e. The molecular formula is C16H24ClN3O2. The Morgan fingerprint density at radius 1 is 1.50 bits per heavy atom. The van der Waals surface area contributed by atoms with Gasteiger partial charge in [0.05, 0.1) is 12.8 Å². The lowest BCUT2D eigenvalue weighted by Gasteiger charge is -2.38. The monoisotopic (exact) mass is 325 g/mol. The Hall–Kier alpha value is -1.46. The number of nitrogens with zero attached hydrogens (tertiary/aromatic N) is 1. The maximum atomic E-state index is 12.4. The summed E-state index contributed by atoms with van der Waals surface area (Å²) in [5, 5.41) is 7.25. The molecule has 0 radical (unpaired) electrons. The minimum atomic E-state index is 0.175. The van der Waals surface area contributed by atoms with Crippen LogP contribution in [0.25, 0.3) is 0 Å².